The third kappa shape index (κ3) is 3.07. The Morgan fingerprint density at radius 1 is 1.11 bits per heavy atom. The highest BCUT2D eigenvalue weighted by Crippen LogP contribution is 2.19. The third-order valence-corrected chi connectivity index (χ3v) is 4.65. The Hall–Kier alpha value is -3.75. The van der Waals surface area contributed by atoms with E-state index in [0.29, 0.717) is 12.2 Å². The average molecular weight is 377 g/mol. The van der Waals surface area contributed by atoms with Crippen molar-refractivity contribution in [1.29, 1.82) is 0 Å². The number of aromatic nitrogens is 6. The summed E-state index contributed by atoms with van der Waals surface area (Å²) in [5, 5.41) is 14.0. The van der Waals surface area contributed by atoms with Crippen LogP contribution in [-0.4, -0.2) is 35.2 Å². The fourth-order valence-corrected chi connectivity index (χ4v) is 3.23. The Morgan fingerprint density at radius 3 is 2.54 bits per heavy atom. The molecule has 0 atom stereocenters. The summed E-state index contributed by atoms with van der Waals surface area (Å²) >= 11 is 0. The minimum Gasteiger partial charge on any atom is -0.324 e. The van der Waals surface area contributed by atoms with Gasteiger partial charge in [-0.25, -0.2) is 9.48 Å². The van der Waals surface area contributed by atoms with Crippen molar-refractivity contribution in [3.8, 4) is 5.69 Å². The lowest BCUT2D eigenvalue weighted by Crippen LogP contribution is -2.29. The van der Waals surface area contributed by atoms with Gasteiger partial charge in [-0.3, -0.25) is 13.9 Å². The number of aryl methyl sites for hydroxylation is 2. The van der Waals surface area contributed by atoms with Crippen LogP contribution in [0.4, 0.5) is 5.69 Å². The van der Waals surface area contributed by atoms with Crippen molar-refractivity contribution in [2.24, 2.45) is 0 Å². The van der Waals surface area contributed by atoms with Crippen LogP contribution in [0.1, 0.15) is 12.5 Å². The highest BCUT2D eigenvalue weighted by Gasteiger charge is 2.15. The molecule has 2 heterocycles. The van der Waals surface area contributed by atoms with Gasteiger partial charge in [0.2, 0.25) is 5.91 Å². The van der Waals surface area contributed by atoms with Gasteiger partial charge < -0.3 is 5.32 Å². The molecule has 0 fully saturated rings. The standard InChI is InChI=1S/C19H19N7O2/c1-3-24-16-6-4-5-7-17(16)25(19(24)28)11-18(27)21-15-10-14(9-8-13(15)2)26-12-20-22-23-26/h4-10,12H,3,11H2,1-2H3,(H,21,27). The number of hydrogen-bond donors (Lipinski definition) is 1. The van der Waals surface area contributed by atoms with Gasteiger partial charge in [0, 0.05) is 12.2 Å². The summed E-state index contributed by atoms with van der Waals surface area (Å²) in [7, 11) is 0. The van der Waals surface area contributed by atoms with E-state index in [1.54, 1.807) is 10.6 Å². The van der Waals surface area contributed by atoms with Gasteiger partial charge in [0.05, 0.1) is 16.7 Å². The first-order valence-corrected chi connectivity index (χ1v) is 8.90. The minimum atomic E-state index is -0.280. The number of fused-ring (bicyclic) bond motifs is 1. The SMILES string of the molecule is CCn1c(=O)n(CC(=O)Nc2cc(-n3cnnn3)ccc2C)c2ccccc21. The lowest BCUT2D eigenvalue weighted by Gasteiger charge is -2.11. The number of tetrazole rings is 1. The van der Waals surface area contributed by atoms with Crippen LogP contribution in [0.25, 0.3) is 16.7 Å². The Kier molecular flexibility index (Phi) is 4.48. The summed E-state index contributed by atoms with van der Waals surface area (Å²) in [6, 6.07) is 13.0. The fourth-order valence-electron chi connectivity index (χ4n) is 3.23. The molecule has 0 unspecified atom stereocenters. The number of hydrogen-bond acceptors (Lipinski definition) is 5. The van der Waals surface area contributed by atoms with Crippen molar-refractivity contribution in [2.75, 3.05) is 5.32 Å². The van der Waals surface area contributed by atoms with Crippen molar-refractivity contribution < 1.29 is 4.79 Å². The van der Waals surface area contributed by atoms with Crippen LogP contribution in [0.5, 0.6) is 0 Å². The number of para-hydroxylation sites is 2. The molecule has 0 aliphatic heterocycles. The molecular weight excluding hydrogens is 358 g/mol. The molecule has 0 radical (unpaired) electrons. The molecule has 9 nitrogen and oxygen atoms in total. The third-order valence-electron chi connectivity index (χ3n) is 4.65. The van der Waals surface area contributed by atoms with Crippen molar-refractivity contribution in [2.45, 2.75) is 26.9 Å². The van der Waals surface area contributed by atoms with Gasteiger partial charge in [-0.1, -0.05) is 18.2 Å². The van der Waals surface area contributed by atoms with Crippen molar-refractivity contribution in [3.05, 3.63) is 64.8 Å². The lowest BCUT2D eigenvalue weighted by molar-refractivity contribution is -0.116. The highest BCUT2D eigenvalue weighted by molar-refractivity contribution is 5.92. The van der Waals surface area contributed by atoms with Crippen LogP contribution in [0.2, 0.25) is 0 Å². The smallest absolute Gasteiger partial charge is 0.324 e. The first kappa shape index (κ1) is 17.7. The molecule has 0 spiro atoms. The second-order valence-corrected chi connectivity index (χ2v) is 6.40. The number of imidazole rings is 1. The van der Waals surface area contributed by atoms with Gasteiger partial charge in [0.1, 0.15) is 12.9 Å². The predicted molar refractivity (Wildman–Crippen MR) is 104 cm³/mol. The fraction of sp³-hybridized carbons (Fsp3) is 0.211. The molecule has 4 rings (SSSR count). The number of anilines is 1. The molecule has 9 heteroatoms. The first-order valence-electron chi connectivity index (χ1n) is 8.90. The quantitative estimate of drug-likeness (QED) is 0.571. The van der Waals surface area contributed by atoms with E-state index in [-0.39, 0.29) is 18.1 Å². The molecule has 2 aromatic carbocycles. The molecule has 0 saturated carbocycles. The molecule has 28 heavy (non-hydrogen) atoms. The Bertz CT molecular complexity index is 1200. The van der Waals surface area contributed by atoms with Crippen LogP contribution in [-0.2, 0) is 17.9 Å². The van der Waals surface area contributed by atoms with E-state index in [0.717, 1.165) is 22.3 Å². The van der Waals surface area contributed by atoms with E-state index in [9.17, 15) is 9.59 Å². The highest BCUT2D eigenvalue weighted by atomic mass is 16.2. The monoisotopic (exact) mass is 377 g/mol. The van der Waals surface area contributed by atoms with Crippen LogP contribution < -0.4 is 11.0 Å². The summed E-state index contributed by atoms with van der Waals surface area (Å²) in [5.74, 6) is -0.280. The van der Waals surface area contributed by atoms with Crippen LogP contribution in [0, 0.1) is 6.92 Å². The van der Waals surface area contributed by atoms with Gasteiger partial charge in [-0.15, -0.1) is 5.10 Å². The molecule has 0 bridgehead atoms. The summed E-state index contributed by atoms with van der Waals surface area (Å²) < 4.78 is 4.66. The van der Waals surface area contributed by atoms with Gasteiger partial charge in [0.25, 0.3) is 0 Å². The molecule has 0 saturated heterocycles. The number of benzene rings is 2. The zero-order valence-corrected chi connectivity index (χ0v) is 15.5. The van der Waals surface area contributed by atoms with E-state index in [1.165, 1.54) is 15.6 Å². The summed E-state index contributed by atoms with van der Waals surface area (Å²) in [4.78, 5) is 25.4. The van der Waals surface area contributed by atoms with Gasteiger partial charge in [-0.05, 0) is 54.1 Å². The summed E-state index contributed by atoms with van der Waals surface area (Å²) in [6.07, 6.45) is 1.48. The van der Waals surface area contributed by atoms with Crippen molar-refractivity contribution in [1.82, 2.24) is 29.3 Å². The predicted octanol–water partition coefficient (Wildman–Crippen LogP) is 1.75. The maximum Gasteiger partial charge on any atom is 0.329 e. The Morgan fingerprint density at radius 2 is 1.86 bits per heavy atom. The molecule has 142 valence electrons. The second kappa shape index (κ2) is 7.10. The van der Waals surface area contributed by atoms with E-state index in [4.69, 9.17) is 0 Å². The van der Waals surface area contributed by atoms with E-state index < -0.39 is 0 Å². The molecule has 0 aliphatic rings. The van der Waals surface area contributed by atoms with E-state index in [1.807, 2.05) is 50.2 Å². The van der Waals surface area contributed by atoms with Crippen LogP contribution in [0.3, 0.4) is 0 Å². The van der Waals surface area contributed by atoms with Crippen LogP contribution in [0.15, 0.2) is 53.6 Å². The summed E-state index contributed by atoms with van der Waals surface area (Å²) in [6.45, 7) is 4.28. The lowest BCUT2D eigenvalue weighted by atomic mass is 10.2. The zero-order chi connectivity index (χ0) is 19.7. The van der Waals surface area contributed by atoms with Crippen molar-refractivity contribution in [3.63, 3.8) is 0 Å². The van der Waals surface area contributed by atoms with E-state index in [2.05, 4.69) is 20.8 Å². The molecule has 2 aromatic heterocycles. The van der Waals surface area contributed by atoms with Gasteiger partial charge in [0.15, 0.2) is 0 Å². The molecule has 4 aromatic rings. The maximum absolute atomic E-state index is 12.7. The van der Waals surface area contributed by atoms with Gasteiger partial charge >= 0.3 is 5.69 Å². The second-order valence-electron chi connectivity index (χ2n) is 6.40. The number of nitrogens with one attached hydrogen (secondary N) is 1. The Labute approximate surface area is 160 Å². The Balaban J connectivity index is 1.63. The topological polar surface area (TPSA) is 99.6 Å². The van der Waals surface area contributed by atoms with Crippen molar-refractivity contribution >= 4 is 22.6 Å². The maximum atomic E-state index is 12.7. The molecule has 1 amide bonds. The normalized spacial score (nSPS) is 11.1. The minimum absolute atomic E-state index is 0.0686. The number of rotatable bonds is 5. The average Bonchev–Trinajstić information content (AvgIpc) is 3.31. The molecule has 1 N–H and O–H groups in total. The largest absolute Gasteiger partial charge is 0.329 e. The number of carbonyl (C=O) groups excluding carboxylic acids is 1. The number of amides is 1. The molecular formula is C19H19N7O2. The number of carbonyl (C=O) groups is 1. The summed E-state index contributed by atoms with van der Waals surface area (Å²) in [5.41, 5.74) is 3.63. The molecule has 0 aliphatic carbocycles. The van der Waals surface area contributed by atoms with Gasteiger partial charge in [-0.2, -0.15) is 0 Å². The van der Waals surface area contributed by atoms with E-state index >= 15 is 0 Å². The van der Waals surface area contributed by atoms with Crippen LogP contribution >= 0.6 is 0 Å². The number of nitrogens with zero attached hydrogens (tertiary/aromatic N) is 6. The zero-order valence-electron chi connectivity index (χ0n) is 15.5. The first-order chi connectivity index (χ1) is 13.6.